The lowest BCUT2D eigenvalue weighted by Crippen LogP contribution is -2.32. The van der Waals surface area contributed by atoms with Crippen LogP contribution in [0.1, 0.15) is 31.7 Å². The van der Waals surface area contributed by atoms with Gasteiger partial charge >= 0.3 is 0 Å². The standard InChI is InChI=1S/C15H23NO2/c1-2-16(12-7-13-17)15(18)11-6-10-14-8-4-3-5-9-14/h3-5,8-9,17H,2,6-7,10-13H2,1H3. The highest BCUT2D eigenvalue weighted by molar-refractivity contribution is 5.76. The van der Waals surface area contributed by atoms with Crippen LogP contribution in [0.4, 0.5) is 0 Å². The first kappa shape index (κ1) is 14.7. The second-order valence-electron chi connectivity index (χ2n) is 4.39. The first-order chi connectivity index (χ1) is 8.77. The van der Waals surface area contributed by atoms with Crippen molar-refractivity contribution < 1.29 is 9.90 Å². The largest absolute Gasteiger partial charge is 0.396 e. The van der Waals surface area contributed by atoms with Crippen LogP contribution in [0.5, 0.6) is 0 Å². The van der Waals surface area contributed by atoms with Gasteiger partial charge < -0.3 is 10.0 Å². The molecule has 0 aliphatic carbocycles. The highest BCUT2D eigenvalue weighted by Gasteiger charge is 2.10. The van der Waals surface area contributed by atoms with E-state index in [1.807, 2.05) is 30.0 Å². The molecule has 0 atom stereocenters. The number of aliphatic hydroxyl groups excluding tert-OH is 1. The molecule has 0 radical (unpaired) electrons. The number of hydrogen-bond donors (Lipinski definition) is 1. The van der Waals surface area contributed by atoms with Crippen molar-refractivity contribution in [3.05, 3.63) is 35.9 Å². The summed E-state index contributed by atoms with van der Waals surface area (Å²) in [6, 6.07) is 10.2. The quantitative estimate of drug-likeness (QED) is 0.767. The Morgan fingerprint density at radius 2 is 1.94 bits per heavy atom. The number of carbonyl (C=O) groups excluding carboxylic acids is 1. The molecule has 1 aromatic rings. The van der Waals surface area contributed by atoms with Gasteiger partial charge in [-0.3, -0.25) is 4.79 Å². The van der Waals surface area contributed by atoms with E-state index < -0.39 is 0 Å². The molecule has 1 rings (SSSR count). The maximum absolute atomic E-state index is 11.9. The normalized spacial score (nSPS) is 10.3. The minimum atomic E-state index is 0.147. The molecular formula is C15H23NO2. The van der Waals surface area contributed by atoms with Crippen molar-refractivity contribution in [3.63, 3.8) is 0 Å². The van der Waals surface area contributed by atoms with E-state index in [0.717, 1.165) is 19.4 Å². The summed E-state index contributed by atoms with van der Waals surface area (Å²) in [5.74, 6) is 0.196. The van der Waals surface area contributed by atoms with Gasteiger partial charge in [-0.1, -0.05) is 30.3 Å². The number of aryl methyl sites for hydroxylation is 1. The minimum Gasteiger partial charge on any atom is -0.396 e. The van der Waals surface area contributed by atoms with Crippen molar-refractivity contribution >= 4 is 5.91 Å². The topological polar surface area (TPSA) is 40.5 Å². The Morgan fingerprint density at radius 3 is 2.56 bits per heavy atom. The molecule has 0 spiro atoms. The molecule has 100 valence electrons. The number of aliphatic hydroxyl groups is 1. The van der Waals surface area contributed by atoms with Crippen LogP contribution in [-0.2, 0) is 11.2 Å². The van der Waals surface area contributed by atoms with Gasteiger partial charge in [0.25, 0.3) is 0 Å². The lowest BCUT2D eigenvalue weighted by atomic mass is 10.1. The second kappa shape index (κ2) is 8.70. The minimum absolute atomic E-state index is 0.147. The van der Waals surface area contributed by atoms with Gasteiger partial charge in [0, 0.05) is 26.1 Å². The summed E-state index contributed by atoms with van der Waals surface area (Å²) in [4.78, 5) is 13.7. The number of amides is 1. The third kappa shape index (κ3) is 5.32. The van der Waals surface area contributed by atoms with Crippen molar-refractivity contribution in [1.82, 2.24) is 4.90 Å². The zero-order valence-corrected chi connectivity index (χ0v) is 11.1. The van der Waals surface area contributed by atoms with Crippen LogP contribution in [0, 0.1) is 0 Å². The Bertz CT molecular complexity index is 338. The molecule has 1 N–H and O–H groups in total. The Kier molecular flexibility index (Phi) is 7.11. The Balaban J connectivity index is 2.27. The SMILES string of the molecule is CCN(CCCO)C(=O)CCCc1ccccc1. The Hall–Kier alpha value is -1.35. The summed E-state index contributed by atoms with van der Waals surface area (Å²) >= 11 is 0. The van der Waals surface area contributed by atoms with Crippen LogP contribution in [0.15, 0.2) is 30.3 Å². The molecule has 3 nitrogen and oxygen atoms in total. The van der Waals surface area contributed by atoms with Crippen LogP contribution in [0.3, 0.4) is 0 Å². The van der Waals surface area contributed by atoms with Gasteiger partial charge in [0.15, 0.2) is 0 Å². The average Bonchev–Trinajstić information content (AvgIpc) is 2.41. The Labute approximate surface area is 109 Å². The molecule has 0 aliphatic heterocycles. The van der Waals surface area contributed by atoms with Crippen LogP contribution in [0.2, 0.25) is 0 Å². The number of carbonyl (C=O) groups is 1. The third-order valence-corrected chi connectivity index (χ3v) is 3.02. The van der Waals surface area contributed by atoms with E-state index in [0.29, 0.717) is 19.4 Å². The monoisotopic (exact) mass is 249 g/mol. The molecule has 1 amide bonds. The van der Waals surface area contributed by atoms with Crippen molar-refractivity contribution in [1.29, 1.82) is 0 Å². The smallest absolute Gasteiger partial charge is 0.222 e. The molecule has 0 saturated carbocycles. The van der Waals surface area contributed by atoms with Crippen LogP contribution < -0.4 is 0 Å². The zero-order valence-electron chi connectivity index (χ0n) is 11.1. The fourth-order valence-electron chi connectivity index (χ4n) is 1.97. The number of hydrogen-bond acceptors (Lipinski definition) is 2. The van der Waals surface area contributed by atoms with E-state index in [1.54, 1.807) is 0 Å². The lowest BCUT2D eigenvalue weighted by Gasteiger charge is -2.20. The van der Waals surface area contributed by atoms with Gasteiger partial charge in [-0.2, -0.15) is 0 Å². The number of benzene rings is 1. The van der Waals surface area contributed by atoms with Crippen LogP contribution in [-0.4, -0.2) is 35.6 Å². The molecule has 0 aromatic heterocycles. The molecule has 0 unspecified atom stereocenters. The van der Waals surface area contributed by atoms with Crippen molar-refractivity contribution in [3.8, 4) is 0 Å². The maximum Gasteiger partial charge on any atom is 0.222 e. The van der Waals surface area contributed by atoms with Crippen molar-refractivity contribution in [2.24, 2.45) is 0 Å². The lowest BCUT2D eigenvalue weighted by molar-refractivity contribution is -0.131. The summed E-state index contributed by atoms with van der Waals surface area (Å²) in [7, 11) is 0. The molecule has 18 heavy (non-hydrogen) atoms. The molecule has 0 saturated heterocycles. The highest BCUT2D eigenvalue weighted by atomic mass is 16.3. The van der Waals surface area contributed by atoms with Gasteiger partial charge in [-0.05, 0) is 31.7 Å². The molecule has 1 aromatic carbocycles. The van der Waals surface area contributed by atoms with Gasteiger partial charge in [0.1, 0.15) is 0 Å². The molecule has 0 aliphatic rings. The maximum atomic E-state index is 11.9. The fourth-order valence-corrected chi connectivity index (χ4v) is 1.97. The summed E-state index contributed by atoms with van der Waals surface area (Å²) in [5, 5.41) is 8.78. The van der Waals surface area contributed by atoms with E-state index in [-0.39, 0.29) is 12.5 Å². The van der Waals surface area contributed by atoms with Gasteiger partial charge in [-0.25, -0.2) is 0 Å². The molecule has 0 bridgehead atoms. The van der Waals surface area contributed by atoms with Crippen LogP contribution in [0.25, 0.3) is 0 Å². The second-order valence-corrected chi connectivity index (χ2v) is 4.39. The zero-order chi connectivity index (χ0) is 13.2. The van der Waals surface area contributed by atoms with E-state index in [4.69, 9.17) is 5.11 Å². The molecular weight excluding hydrogens is 226 g/mol. The van der Waals surface area contributed by atoms with E-state index in [2.05, 4.69) is 12.1 Å². The predicted octanol–water partition coefficient (Wildman–Crippen LogP) is 2.24. The summed E-state index contributed by atoms with van der Waals surface area (Å²) in [6.07, 6.45) is 3.09. The summed E-state index contributed by atoms with van der Waals surface area (Å²) in [6.45, 7) is 3.52. The first-order valence-electron chi connectivity index (χ1n) is 6.70. The van der Waals surface area contributed by atoms with Gasteiger partial charge in [0.05, 0.1) is 0 Å². The summed E-state index contributed by atoms with van der Waals surface area (Å²) < 4.78 is 0. The molecule has 0 heterocycles. The summed E-state index contributed by atoms with van der Waals surface area (Å²) in [5.41, 5.74) is 1.28. The van der Waals surface area contributed by atoms with Gasteiger partial charge in [-0.15, -0.1) is 0 Å². The van der Waals surface area contributed by atoms with Gasteiger partial charge in [0.2, 0.25) is 5.91 Å². The predicted molar refractivity (Wildman–Crippen MR) is 73.3 cm³/mol. The van der Waals surface area contributed by atoms with Crippen LogP contribution >= 0.6 is 0 Å². The van der Waals surface area contributed by atoms with Crippen molar-refractivity contribution in [2.45, 2.75) is 32.6 Å². The van der Waals surface area contributed by atoms with E-state index in [9.17, 15) is 4.79 Å². The number of nitrogens with zero attached hydrogens (tertiary/aromatic N) is 1. The van der Waals surface area contributed by atoms with Crippen molar-refractivity contribution in [2.75, 3.05) is 19.7 Å². The third-order valence-electron chi connectivity index (χ3n) is 3.02. The van der Waals surface area contributed by atoms with E-state index in [1.165, 1.54) is 5.56 Å². The molecule has 3 heteroatoms. The molecule has 0 fully saturated rings. The average molecular weight is 249 g/mol. The fraction of sp³-hybridized carbons (Fsp3) is 0.533. The highest BCUT2D eigenvalue weighted by Crippen LogP contribution is 2.06. The Morgan fingerprint density at radius 1 is 1.22 bits per heavy atom. The van der Waals surface area contributed by atoms with E-state index >= 15 is 0 Å². The number of rotatable bonds is 8. The first-order valence-corrected chi connectivity index (χ1v) is 6.70.